The zero-order valence-corrected chi connectivity index (χ0v) is 17.5. The van der Waals surface area contributed by atoms with E-state index in [9.17, 15) is 4.79 Å². The molecule has 0 saturated heterocycles. The van der Waals surface area contributed by atoms with Gasteiger partial charge in [0.15, 0.2) is 5.96 Å². The lowest BCUT2D eigenvalue weighted by Gasteiger charge is -2.28. The fourth-order valence-corrected chi connectivity index (χ4v) is 3.74. The van der Waals surface area contributed by atoms with Crippen LogP contribution in [0.4, 0.5) is 0 Å². The molecule has 1 aromatic carbocycles. The second-order valence-electron chi connectivity index (χ2n) is 8.40. The molecule has 1 aromatic rings. The van der Waals surface area contributed by atoms with E-state index in [1.807, 2.05) is 0 Å². The van der Waals surface area contributed by atoms with Crippen LogP contribution in [-0.4, -0.2) is 63.7 Å². The van der Waals surface area contributed by atoms with Gasteiger partial charge in [0.1, 0.15) is 6.54 Å². The number of carbonyl (C=O) groups is 1. The van der Waals surface area contributed by atoms with Crippen molar-refractivity contribution >= 4 is 11.9 Å². The summed E-state index contributed by atoms with van der Waals surface area (Å²) in [5.74, 6) is 0.763. The maximum atomic E-state index is 12.0. The third-order valence-electron chi connectivity index (χ3n) is 5.98. The summed E-state index contributed by atoms with van der Waals surface area (Å²) in [6.45, 7) is 1.83. The molecule has 0 radical (unpaired) electrons. The minimum atomic E-state index is 0.00982. The highest BCUT2D eigenvalue weighted by atomic mass is 16.5. The van der Waals surface area contributed by atoms with Crippen molar-refractivity contribution in [2.45, 2.75) is 44.6 Å². The van der Waals surface area contributed by atoms with Crippen molar-refractivity contribution in [3.63, 3.8) is 0 Å². The van der Waals surface area contributed by atoms with Gasteiger partial charge < -0.3 is 20.3 Å². The Morgan fingerprint density at radius 3 is 2.71 bits per heavy atom. The molecule has 154 valence electrons. The first kappa shape index (κ1) is 20.6. The number of hydrogen-bond donors (Lipinski definition) is 2. The van der Waals surface area contributed by atoms with Crippen molar-refractivity contribution in [1.82, 2.24) is 15.5 Å². The van der Waals surface area contributed by atoms with Crippen LogP contribution < -0.4 is 10.6 Å². The minimum absolute atomic E-state index is 0.00982. The van der Waals surface area contributed by atoms with Crippen LogP contribution in [-0.2, 0) is 22.4 Å². The van der Waals surface area contributed by atoms with Gasteiger partial charge in [-0.05, 0) is 55.1 Å². The zero-order valence-electron chi connectivity index (χ0n) is 17.5. The predicted octanol–water partition coefficient (Wildman–Crippen LogP) is 1.98. The lowest BCUT2D eigenvalue weighted by atomic mass is 9.88. The lowest BCUT2D eigenvalue weighted by molar-refractivity contribution is -0.127. The first-order valence-electron chi connectivity index (χ1n) is 10.3. The number of hydrogen-bond acceptors (Lipinski definition) is 3. The number of aryl methyl sites for hydroxylation is 1. The molecule has 2 N–H and O–H groups in total. The number of rotatable bonds is 8. The average Bonchev–Trinajstić information content (AvgIpc) is 3.48. The van der Waals surface area contributed by atoms with E-state index >= 15 is 0 Å². The highest BCUT2D eigenvalue weighted by molar-refractivity contribution is 5.85. The zero-order chi connectivity index (χ0) is 20.0. The normalized spacial score (nSPS) is 20.2. The number of nitrogens with one attached hydrogen (secondary N) is 2. The van der Waals surface area contributed by atoms with Crippen molar-refractivity contribution in [3.05, 3.63) is 35.4 Å². The van der Waals surface area contributed by atoms with Gasteiger partial charge in [-0.15, -0.1) is 0 Å². The van der Waals surface area contributed by atoms with Crippen LogP contribution >= 0.6 is 0 Å². The molecular weight excluding hydrogens is 352 g/mol. The van der Waals surface area contributed by atoms with Gasteiger partial charge in [-0.3, -0.25) is 4.79 Å². The third kappa shape index (κ3) is 5.71. The molecule has 1 unspecified atom stereocenters. The molecule has 2 aliphatic rings. The molecule has 2 aliphatic carbocycles. The van der Waals surface area contributed by atoms with E-state index in [2.05, 4.69) is 39.9 Å². The van der Waals surface area contributed by atoms with E-state index < -0.39 is 0 Å². The van der Waals surface area contributed by atoms with Crippen molar-refractivity contribution in [3.8, 4) is 0 Å². The Morgan fingerprint density at radius 2 is 2.04 bits per heavy atom. The summed E-state index contributed by atoms with van der Waals surface area (Å²) in [7, 11) is 5.28. The molecule has 1 atom stereocenters. The van der Waals surface area contributed by atoms with E-state index in [4.69, 9.17) is 4.74 Å². The Hall–Kier alpha value is -2.08. The number of amides is 1. The Morgan fingerprint density at radius 1 is 1.29 bits per heavy atom. The number of methoxy groups -OCH3 is 1. The SMILES string of the molecule is COCCC1(CNC(=NCC(=O)N(C)C)NC2CCc3ccccc3C2)CC1. The Kier molecular flexibility index (Phi) is 6.94. The van der Waals surface area contributed by atoms with E-state index in [1.54, 1.807) is 26.1 Å². The molecule has 6 heteroatoms. The first-order chi connectivity index (χ1) is 13.5. The Bertz CT molecular complexity index is 698. The summed E-state index contributed by atoms with van der Waals surface area (Å²) < 4.78 is 5.26. The van der Waals surface area contributed by atoms with Gasteiger partial charge in [0, 0.05) is 40.4 Å². The number of ether oxygens (including phenoxy) is 1. The smallest absolute Gasteiger partial charge is 0.243 e. The molecule has 1 fully saturated rings. The molecule has 0 heterocycles. The molecule has 0 spiro atoms. The van der Waals surface area contributed by atoms with E-state index in [1.165, 1.54) is 24.0 Å². The fraction of sp³-hybridized carbons (Fsp3) is 0.636. The van der Waals surface area contributed by atoms with Crippen LogP contribution in [0.25, 0.3) is 0 Å². The molecule has 0 aliphatic heterocycles. The summed E-state index contributed by atoms with van der Waals surface area (Å²) in [4.78, 5) is 18.2. The van der Waals surface area contributed by atoms with Gasteiger partial charge in [0.2, 0.25) is 5.91 Å². The molecule has 3 rings (SSSR count). The summed E-state index contributed by atoms with van der Waals surface area (Å²) >= 11 is 0. The lowest BCUT2D eigenvalue weighted by Crippen LogP contribution is -2.47. The van der Waals surface area contributed by atoms with Crippen molar-refractivity contribution < 1.29 is 9.53 Å². The molecular formula is C22H34N4O2. The van der Waals surface area contributed by atoms with Crippen molar-refractivity contribution in [2.24, 2.45) is 10.4 Å². The van der Waals surface area contributed by atoms with E-state index in [0.717, 1.165) is 44.8 Å². The summed E-state index contributed by atoms with van der Waals surface area (Å²) in [5.41, 5.74) is 3.18. The number of carbonyl (C=O) groups excluding carboxylic acids is 1. The number of benzene rings is 1. The molecule has 28 heavy (non-hydrogen) atoms. The molecule has 1 amide bonds. The van der Waals surface area contributed by atoms with Crippen LogP contribution in [0.2, 0.25) is 0 Å². The van der Waals surface area contributed by atoms with Gasteiger partial charge >= 0.3 is 0 Å². The monoisotopic (exact) mass is 386 g/mol. The number of aliphatic imine (C=N–C) groups is 1. The maximum Gasteiger partial charge on any atom is 0.243 e. The van der Waals surface area contributed by atoms with Crippen molar-refractivity contribution in [2.75, 3.05) is 40.9 Å². The number of fused-ring (bicyclic) bond motifs is 1. The standard InChI is InChI=1S/C22H34N4O2/c1-26(2)20(27)15-23-21(24-16-22(10-11-22)12-13-28-3)25-19-9-8-17-6-4-5-7-18(17)14-19/h4-7,19H,8-16H2,1-3H3,(H2,23,24,25). The summed E-state index contributed by atoms with van der Waals surface area (Å²) in [5, 5.41) is 7.09. The Labute approximate surface area is 168 Å². The van der Waals surface area contributed by atoms with Crippen molar-refractivity contribution in [1.29, 1.82) is 0 Å². The quantitative estimate of drug-likeness (QED) is 0.530. The summed E-state index contributed by atoms with van der Waals surface area (Å²) in [6.07, 6.45) is 6.67. The highest BCUT2D eigenvalue weighted by Crippen LogP contribution is 2.48. The van der Waals surface area contributed by atoms with Crippen LogP contribution in [0.5, 0.6) is 0 Å². The largest absolute Gasteiger partial charge is 0.385 e. The van der Waals surface area contributed by atoms with Gasteiger partial charge in [-0.25, -0.2) is 4.99 Å². The molecule has 0 bridgehead atoms. The third-order valence-corrected chi connectivity index (χ3v) is 5.98. The molecule has 1 saturated carbocycles. The number of guanidine groups is 1. The second-order valence-corrected chi connectivity index (χ2v) is 8.40. The van der Waals surface area contributed by atoms with E-state index in [-0.39, 0.29) is 12.5 Å². The average molecular weight is 387 g/mol. The molecule has 6 nitrogen and oxygen atoms in total. The van der Waals surface area contributed by atoms with Gasteiger partial charge in [0.05, 0.1) is 0 Å². The predicted molar refractivity (Wildman–Crippen MR) is 113 cm³/mol. The van der Waals surface area contributed by atoms with Gasteiger partial charge in [-0.2, -0.15) is 0 Å². The van der Waals surface area contributed by atoms with Crippen LogP contribution in [0, 0.1) is 5.41 Å². The van der Waals surface area contributed by atoms with Gasteiger partial charge in [-0.1, -0.05) is 24.3 Å². The summed E-state index contributed by atoms with van der Waals surface area (Å²) in [6, 6.07) is 9.00. The second kappa shape index (κ2) is 9.41. The Balaban J connectivity index is 1.61. The minimum Gasteiger partial charge on any atom is -0.385 e. The molecule has 0 aromatic heterocycles. The van der Waals surface area contributed by atoms with Gasteiger partial charge in [0.25, 0.3) is 0 Å². The van der Waals surface area contributed by atoms with Crippen LogP contribution in [0.15, 0.2) is 29.3 Å². The van der Waals surface area contributed by atoms with Crippen LogP contribution in [0.1, 0.15) is 36.8 Å². The first-order valence-corrected chi connectivity index (χ1v) is 10.3. The maximum absolute atomic E-state index is 12.0. The number of nitrogens with zero attached hydrogens (tertiary/aromatic N) is 2. The fourth-order valence-electron chi connectivity index (χ4n) is 3.74. The van der Waals surface area contributed by atoms with Crippen LogP contribution in [0.3, 0.4) is 0 Å². The van der Waals surface area contributed by atoms with E-state index in [0.29, 0.717) is 11.5 Å². The topological polar surface area (TPSA) is 66.0 Å². The number of likely N-dealkylation sites (N-methyl/N-ethyl adjacent to an activating group) is 1. The highest BCUT2D eigenvalue weighted by Gasteiger charge is 2.42.